The maximum absolute atomic E-state index is 5.37. The molecule has 0 spiro atoms. The summed E-state index contributed by atoms with van der Waals surface area (Å²) in [6.45, 7) is 2.19. The number of hydrogen-bond donors (Lipinski definition) is 0. The van der Waals surface area contributed by atoms with Crippen molar-refractivity contribution >= 4 is 22.9 Å². The zero-order valence-corrected chi connectivity index (χ0v) is 17.0. The van der Waals surface area contributed by atoms with Gasteiger partial charge in [0.15, 0.2) is 23.7 Å². The molecule has 5 rings (SSSR count). The molecule has 3 heterocycles. The molecular formula is C22H19N7O2. The third kappa shape index (κ3) is 3.68. The summed E-state index contributed by atoms with van der Waals surface area (Å²) in [5.41, 5.74) is 4.39. The van der Waals surface area contributed by atoms with Crippen LogP contribution in [0.2, 0.25) is 0 Å². The standard InChI is InChI=1S/C22H19N7O2/c1-15-4-3-5-17(10-15)29-21-19(12-24-29)22-26-20(27-28(22)14-23-21)13-31-25-11-16-6-8-18(30-2)9-7-16/h3-12,14H,13H2,1-2H3. The fourth-order valence-corrected chi connectivity index (χ4v) is 3.26. The lowest BCUT2D eigenvalue weighted by Gasteiger charge is -2.03. The van der Waals surface area contributed by atoms with E-state index in [9.17, 15) is 0 Å². The average Bonchev–Trinajstić information content (AvgIpc) is 3.41. The van der Waals surface area contributed by atoms with Crippen molar-refractivity contribution in [3.8, 4) is 11.4 Å². The van der Waals surface area contributed by atoms with E-state index in [2.05, 4.69) is 31.4 Å². The highest BCUT2D eigenvalue weighted by atomic mass is 16.6. The Hall–Kier alpha value is -4.27. The number of methoxy groups -OCH3 is 1. The molecule has 0 bridgehead atoms. The van der Waals surface area contributed by atoms with Gasteiger partial charge in [0.25, 0.3) is 0 Å². The van der Waals surface area contributed by atoms with Crippen LogP contribution in [-0.2, 0) is 11.4 Å². The van der Waals surface area contributed by atoms with E-state index < -0.39 is 0 Å². The molecule has 0 unspecified atom stereocenters. The predicted molar refractivity (Wildman–Crippen MR) is 116 cm³/mol. The first kappa shape index (κ1) is 18.7. The van der Waals surface area contributed by atoms with Gasteiger partial charge in [-0.25, -0.2) is 19.2 Å². The lowest BCUT2D eigenvalue weighted by Crippen LogP contribution is -1.99. The Bertz CT molecular complexity index is 1390. The van der Waals surface area contributed by atoms with Gasteiger partial charge in [0, 0.05) is 0 Å². The summed E-state index contributed by atoms with van der Waals surface area (Å²) in [7, 11) is 1.63. The van der Waals surface area contributed by atoms with E-state index in [1.54, 1.807) is 35.0 Å². The van der Waals surface area contributed by atoms with Crippen molar-refractivity contribution in [2.24, 2.45) is 5.16 Å². The number of fused-ring (bicyclic) bond motifs is 3. The van der Waals surface area contributed by atoms with E-state index in [-0.39, 0.29) is 6.61 Å². The van der Waals surface area contributed by atoms with Crippen LogP contribution < -0.4 is 4.74 Å². The van der Waals surface area contributed by atoms with Gasteiger partial charge in [0.1, 0.15) is 12.1 Å². The second kappa shape index (κ2) is 7.86. The molecular weight excluding hydrogens is 394 g/mol. The first-order valence-corrected chi connectivity index (χ1v) is 9.66. The topological polar surface area (TPSA) is 91.7 Å². The first-order valence-electron chi connectivity index (χ1n) is 9.66. The minimum Gasteiger partial charge on any atom is -0.497 e. The maximum atomic E-state index is 5.37. The highest BCUT2D eigenvalue weighted by Crippen LogP contribution is 2.20. The fraction of sp³-hybridized carbons (Fsp3) is 0.136. The third-order valence-electron chi connectivity index (χ3n) is 4.78. The second-order valence-corrected chi connectivity index (χ2v) is 6.95. The molecule has 9 heteroatoms. The number of ether oxygens (including phenoxy) is 1. The number of aromatic nitrogens is 6. The monoisotopic (exact) mass is 413 g/mol. The van der Waals surface area contributed by atoms with Crippen molar-refractivity contribution < 1.29 is 9.57 Å². The van der Waals surface area contributed by atoms with Crippen LogP contribution in [-0.4, -0.2) is 42.7 Å². The van der Waals surface area contributed by atoms with Crippen LogP contribution in [0.15, 0.2) is 66.2 Å². The number of hydrogen-bond acceptors (Lipinski definition) is 7. The van der Waals surface area contributed by atoms with E-state index in [1.165, 1.54) is 0 Å². The van der Waals surface area contributed by atoms with Crippen molar-refractivity contribution in [2.45, 2.75) is 13.5 Å². The van der Waals surface area contributed by atoms with Crippen LogP contribution in [0.3, 0.4) is 0 Å². The Morgan fingerprint density at radius 2 is 1.97 bits per heavy atom. The second-order valence-electron chi connectivity index (χ2n) is 6.95. The quantitative estimate of drug-likeness (QED) is 0.313. The molecule has 0 atom stereocenters. The number of rotatable bonds is 6. The van der Waals surface area contributed by atoms with E-state index >= 15 is 0 Å². The molecule has 0 fully saturated rings. The van der Waals surface area contributed by atoms with E-state index in [4.69, 9.17) is 9.57 Å². The molecule has 31 heavy (non-hydrogen) atoms. The average molecular weight is 413 g/mol. The summed E-state index contributed by atoms with van der Waals surface area (Å²) < 4.78 is 8.56. The van der Waals surface area contributed by atoms with Crippen molar-refractivity contribution in [2.75, 3.05) is 7.11 Å². The summed E-state index contributed by atoms with van der Waals surface area (Å²) in [5.74, 6) is 1.29. The Morgan fingerprint density at radius 1 is 1.10 bits per heavy atom. The normalized spacial score (nSPS) is 11.5. The highest BCUT2D eigenvalue weighted by Gasteiger charge is 2.13. The smallest absolute Gasteiger partial charge is 0.192 e. The molecule has 3 aromatic heterocycles. The molecule has 0 aliphatic heterocycles. The summed E-state index contributed by atoms with van der Waals surface area (Å²) in [5, 5.41) is 13.7. The highest BCUT2D eigenvalue weighted by molar-refractivity contribution is 5.89. The Kier molecular flexibility index (Phi) is 4.75. The van der Waals surface area contributed by atoms with Crippen LogP contribution in [0.1, 0.15) is 17.0 Å². The van der Waals surface area contributed by atoms with Crippen molar-refractivity contribution in [1.29, 1.82) is 0 Å². The maximum Gasteiger partial charge on any atom is 0.192 e. The summed E-state index contributed by atoms with van der Waals surface area (Å²) >= 11 is 0. The number of nitrogens with zero attached hydrogens (tertiary/aromatic N) is 7. The zero-order valence-electron chi connectivity index (χ0n) is 17.0. The van der Waals surface area contributed by atoms with Crippen molar-refractivity contribution in [3.63, 3.8) is 0 Å². The van der Waals surface area contributed by atoms with Gasteiger partial charge in [-0.2, -0.15) is 5.10 Å². The Labute approximate surface area is 177 Å². The summed E-state index contributed by atoms with van der Waals surface area (Å²) in [6, 6.07) is 15.6. The van der Waals surface area contributed by atoms with Crippen molar-refractivity contribution in [1.82, 2.24) is 29.4 Å². The summed E-state index contributed by atoms with van der Waals surface area (Å²) in [6.07, 6.45) is 5.00. The molecule has 9 nitrogen and oxygen atoms in total. The van der Waals surface area contributed by atoms with Crippen LogP contribution in [0.4, 0.5) is 0 Å². The van der Waals surface area contributed by atoms with E-state index in [1.807, 2.05) is 49.4 Å². The van der Waals surface area contributed by atoms with Gasteiger partial charge in [-0.05, 0) is 54.4 Å². The molecule has 0 aliphatic carbocycles. The van der Waals surface area contributed by atoms with Crippen LogP contribution in [0.5, 0.6) is 5.75 Å². The Morgan fingerprint density at radius 3 is 2.77 bits per heavy atom. The zero-order chi connectivity index (χ0) is 21.2. The van der Waals surface area contributed by atoms with Gasteiger partial charge in [0.2, 0.25) is 0 Å². The molecule has 5 aromatic rings. The van der Waals surface area contributed by atoms with E-state index in [0.29, 0.717) is 11.5 Å². The third-order valence-corrected chi connectivity index (χ3v) is 4.78. The number of aryl methyl sites for hydroxylation is 1. The van der Waals surface area contributed by atoms with Crippen LogP contribution in [0, 0.1) is 6.92 Å². The number of benzene rings is 2. The largest absolute Gasteiger partial charge is 0.497 e. The molecule has 0 radical (unpaired) electrons. The van der Waals surface area contributed by atoms with Crippen LogP contribution >= 0.6 is 0 Å². The van der Waals surface area contributed by atoms with Crippen molar-refractivity contribution in [3.05, 3.63) is 78.0 Å². The van der Waals surface area contributed by atoms with E-state index in [0.717, 1.165) is 33.6 Å². The lowest BCUT2D eigenvalue weighted by atomic mass is 10.2. The van der Waals surface area contributed by atoms with Gasteiger partial charge in [0.05, 0.1) is 30.6 Å². The molecule has 0 saturated carbocycles. The van der Waals surface area contributed by atoms with Gasteiger partial charge < -0.3 is 9.57 Å². The van der Waals surface area contributed by atoms with Gasteiger partial charge in [-0.3, -0.25) is 0 Å². The molecule has 0 amide bonds. The first-order chi connectivity index (χ1) is 15.2. The molecule has 0 N–H and O–H groups in total. The fourth-order valence-electron chi connectivity index (χ4n) is 3.26. The summed E-state index contributed by atoms with van der Waals surface area (Å²) in [4.78, 5) is 14.5. The molecule has 0 saturated heterocycles. The predicted octanol–water partition coefficient (Wildman–Crippen LogP) is 3.33. The Balaban J connectivity index is 1.36. The van der Waals surface area contributed by atoms with Gasteiger partial charge >= 0.3 is 0 Å². The number of oxime groups is 1. The molecule has 2 aromatic carbocycles. The molecule has 154 valence electrons. The minimum atomic E-state index is 0.141. The molecule has 0 aliphatic rings. The van der Waals surface area contributed by atoms with Gasteiger partial charge in [-0.15, -0.1) is 5.10 Å². The lowest BCUT2D eigenvalue weighted by molar-refractivity contribution is 0.126. The van der Waals surface area contributed by atoms with Crippen LogP contribution in [0.25, 0.3) is 22.4 Å². The minimum absolute atomic E-state index is 0.141. The van der Waals surface area contributed by atoms with Gasteiger partial charge in [-0.1, -0.05) is 17.3 Å². The SMILES string of the molecule is COc1ccc(C=NOCc2nc3c4cnn(-c5cccc(C)c5)c4ncn3n2)cc1.